The van der Waals surface area contributed by atoms with Crippen LogP contribution in [0.5, 0.6) is 0 Å². The average molecular weight is 321 g/mol. The predicted octanol–water partition coefficient (Wildman–Crippen LogP) is 3.46. The van der Waals surface area contributed by atoms with Crippen LogP contribution in [-0.2, 0) is 9.63 Å². The maximum Gasteiger partial charge on any atom is 0.231 e. The fourth-order valence-electron chi connectivity index (χ4n) is 3.54. The summed E-state index contributed by atoms with van der Waals surface area (Å²) in [4.78, 5) is 27.1. The Hall–Kier alpha value is -2.56. The van der Waals surface area contributed by atoms with Gasteiger partial charge in [0.2, 0.25) is 11.4 Å². The number of rotatable bonds is 2. The van der Waals surface area contributed by atoms with Crippen molar-refractivity contribution in [2.24, 2.45) is 5.16 Å². The van der Waals surface area contributed by atoms with Crippen molar-refractivity contribution in [3.8, 4) is 11.3 Å². The lowest BCUT2D eigenvalue weighted by Gasteiger charge is -2.28. The van der Waals surface area contributed by atoms with Crippen molar-refractivity contribution in [1.29, 1.82) is 0 Å². The molecule has 5 heteroatoms. The van der Waals surface area contributed by atoms with Crippen LogP contribution in [-0.4, -0.2) is 27.1 Å². The number of aromatic nitrogens is 2. The molecule has 1 fully saturated rings. The Morgan fingerprint density at radius 3 is 2.71 bits per heavy atom. The lowest BCUT2D eigenvalue weighted by atomic mass is 9.79. The maximum atomic E-state index is 12.9. The molecule has 0 atom stereocenters. The second kappa shape index (κ2) is 5.82. The fraction of sp³-hybridized carbons (Fsp3) is 0.368. The molecule has 1 aliphatic carbocycles. The molecule has 0 radical (unpaired) electrons. The zero-order valence-corrected chi connectivity index (χ0v) is 13.7. The number of hydrogen-bond acceptors (Lipinski definition) is 5. The summed E-state index contributed by atoms with van der Waals surface area (Å²) in [5.74, 6) is 0.0242. The summed E-state index contributed by atoms with van der Waals surface area (Å²) in [6, 6.07) is 5.87. The van der Waals surface area contributed by atoms with E-state index in [0.29, 0.717) is 5.71 Å². The molecule has 0 amide bonds. The van der Waals surface area contributed by atoms with Crippen LogP contribution in [0, 0.1) is 6.92 Å². The van der Waals surface area contributed by atoms with Crippen LogP contribution < -0.4 is 0 Å². The van der Waals surface area contributed by atoms with Gasteiger partial charge in [0.05, 0.1) is 11.9 Å². The van der Waals surface area contributed by atoms with Gasteiger partial charge in [0.1, 0.15) is 0 Å². The summed E-state index contributed by atoms with van der Waals surface area (Å²) in [6.45, 7) is 2.02. The van der Waals surface area contributed by atoms with Gasteiger partial charge in [-0.2, -0.15) is 0 Å². The van der Waals surface area contributed by atoms with Gasteiger partial charge in [-0.25, -0.2) is 0 Å². The standard InChI is InChI=1S/C19H19N3O2/c1-13-5-6-14(11-15(13)16-12-20-9-10-21-16)17-18(23)19(24-22-17)7-3-2-4-8-19/h5-6,9-12H,2-4,7-8H2,1H3. The molecule has 5 nitrogen and oxygen atoms in total. The van der Waals surface area contributed by atoms with E-state index < -0.39 is 5.60 Å². The molecule has 24 heavy (non-hydrogen) atoms. The first-order chi connectivity index (χ1) is 11.7. The van der Waals surface area contributed by atoms with Crippen LogP contribution in [0.15, 0.2) is 41.9 Å². The molecule has 0 N–H and O–H groups in total. The lowest BCUT2D eigenvalue weighted by Crippen LogP contribution is -2.41. The van der Waals surface area contributed by atoms with Gasteiger partial charge in [0.25, 0.3) is 0 Å². The summed E-state index contributed by atoms with van der Waals surface area (Å²) in [6.07, 6.45) is 9.77. The zero-order chi connectivity index (χ0) is 16.6. The molecule has 0 saturated heterocycles. The molecule has 2 heterocycles. The van der Waals surface area contributed by atoms with Crippen LogP contribution in [0.2, 0.25) is 0 Å². The highest BCUT2D eigenvalue weighted by molar-refractivity contribution is 6.49. The number of benzene rings is 1. The predicted molar refractivity (Wildman–Crippen MR) is 90.7 cm³/mol. The first kappa shape index (κ1) is 15.0. The number of carbonyl (C=O) groups is 1. The molecule has 1 aliphatic heterocycles. The number of ketones is 1. The normalized spacial score (nSPS) is 19.2. The monoisotopic (exact) mass is 321 g/mol. The van der Waals surface area contributed by atoms with Crippen molar-refractivity contribution < 1.29 is 9.63 Å². The van der Waals surface area contributed by atoms with Crippen molar-refractivity contribution >= 4 is 11.5 Å². The van der Waals surface area contributed by atoms with Crippen molar-refractivity contribution in [2.45, 2.75) is 44.6 Å². The first-order valence-corrected chi connectivity index (χ1v) is 8.38. The summed E-state index contributed by atoms with van der Waals surface area (Å²) in [5.41, 5.74) is 3.33. The van der Waals surface area contributed by atoms with Crippen molar-refractivity contribution in [3.63, 3.8) is 0 Å². The maximum absolute atomic E-state index is 12.9. The Kier molecular flexibility index (Phi) is 3.63. The number of aryl methyl sites for hydroxylation is 1. The van der Waals surface area contributed by atoms with E-state index in [1.165, 1.54) is 0 Å². The summed E-state index contributed by atoms with van der Waals surface area (Å²) in [5, 5.41) is 4.16. The molecule has 2 aliphatic rings. The molecule has 1 aromatic carbocycles. The van der Waals surface area contributed by atoms with E-state index in [1.54, 1.807) is 18.6 Å². The first-order valence-electron chi connectivity index (χ1n) is 8.38. The lowest BCUT2D eigenvalue weighted by molar-refractivity contribution is -0.136. The fourth-order valence-corrected chi connectivity index (χ4v) is 3.54. The van der Waals surface area contributed by atoms with E-state index in [1.807, 2.05) is 25.1 Å². The van der Waals surface area contributed by atoms with Crippen LogP contribution in [0.25, 0.3) is 11.3 Å². The molecule has 1 aromatic heterocycles. The highest BCUT2D eigenvalue weighted by atomic mass is 16.7. The molecule has 2 aromatic rings. The number of nitrogens with zero attached hydrogens (tertiary/aromatic N) is 3. The van der Waals surface area contributed by atoms with Crippen molar-refractivity contribution in [3.05, 3.63) is 47.9 Å². The van der Waals surface area contributed by atoms with Crippen LogP contribution in [0.1, 0.15) is 43.2 Å². The van der Waals surface area contributed by atoms with E-state index in [-0.39, 0.29) is 5.78 Å². The second-order valence-corrected chi connectivity index (χ2v) is 6.54. The Morgan fingerprint density at radius 1 is 1.12 bits per heavy atom. The Labute approximate surface area is 140 Å². The summed E-state index contributed by atoms with van der Waals surface area (Å²) >= 11 is 0. The van der Waals surface area contributed by atoms with Crippen LogP contribution >= 0.6 is 0 Å². The SMILES string of the molecule is Cc1ccc(C2=NOC3(CCCCC3)C2=O)cc1-c1cnccn1. The van der Waals surface area contributed by atoms with Gasteiger partial charge in [-0.15, -0.1) is 0 Å². The molecule has 0 bridgehead atoms. The third kappa shape index (κ3) is 2.40. The highest BCUT2D eigenvalue weighted by Gasteiger charge is 2.48. The quantitative estimate of drug-likeness (QED) is 0.849. The number of oxime groups is 1. The minimum Gasteiger partial charge on any atom is -0.380 e. The van der Waals surface area contributed by atoms with Gasteiger partial charge < -0.3 is 4.84 Å². The van der Waals surface area contributed by atoms with Crippen LogP contribution in [0.3, 0.4) is 0 Å². The van der Waals surface area contributed by atoms with E-state index in [9.17, 15) is 4.79 Å². The van der Waals surface area contributed by atoms with Gasteiger partial charge in [0, 0.05) is 23.5 Å². The van der Waals surface area contributed by atoms with Crippen molar-refractivity contribution in [1.82, 2.24) is 9.97 Å². The third-order valence-electron chi connectivity index (χ3n) is 4.95. The number of Topliss-reactive ketones (excluding diaryl/α,β-unsaturated/α-hetero) is 1. The van der Waals surface area contributed by atoms with Gasteiger partial charge in [-0.3, -0.25) is 14.8 Å². The summed E-state index contributed by atoms with van der Waals surface area (Å²) < 4.78 is 0. The Bertz CT molecular complexity index is 809. The molecule has 4 rings (SSSR count). The molecule has 122 valence electrons. The topological polar surface area (TPSA) is 64.4 Å². The van der Waals surface area contributed by atoms with Gasteiger partial charge in [-0.1, -0.05) is 23.7 Å². The van der Waals surface area contributed by atoms with Gasteiger partial charge >= 0.3 is 0 Å². The minimum absolute atomic E-state index is 0.0242. The number of hydrogen-bond donors (Lipinski definition) is 0. The summed E-state index contributed by atoms with van der Waals surface area (Å²) in [7, 11) is 0. The molecular weight excluding hydrogens is 302 g/mol. The third-order valence-corrected chi connectivity index (χ3v) is 4.95. The molecule has 1 spiro atoms. The van der Waals surface area contributed by atoms with E-state index in [0.717, 1.165) is 54.5 Å². The van der Waals surface area contributed by atoms with E-state index in [2.05, 4.69) is 15.1 Å². The smallest absolute Gasteiger partial charge is 0.231 e. The van der Waals surface area contributed by atoms with E-state index in [4.69, 9.17) is 4.84 Å². The Morgan fingerprint density at radius 2 is 1.96 bits per heavy atom. The van der Waals surface area contributed by atoms with E-state index >= 15 is 0 Å². The largest absolute Gasteiger partial charge is 0.380 e. The highest BCUT2D eigenvalue weighted by Crippen LogP contribution is 2.37. The minimum atomic E-state index is -0.717. The molecule has 1 saturated carbocycles. The number of carbonyl (C=O) groups excluding carboxylic acids is 1. The van der Waals surface area contributed by atoms with Crippen molar-refractivity contribution in [2.75, 3.05) is 0 Å². The van der Waals surface area contributed by atoms with Gasteiger partial charge in [-0.05, 0) is 44.2 Å². The van der Waals surface area contributed by atoms with Gasteiger partial charge in [0.15, 0.2) is 5.71 Å². The second-order valence-electron chi connectivity index (χ2n) is 6.54. The molecular formula is C19H19N3O2. The average Bonchev–Trinajstić information content (AvgIpc) is 2.93. The zero-order valence-electron chi connectivity index (χ0n) is 13.7. The molecule has 0 unspecified atom stereocenters. The van der Waals surface area contributed by atoms with Crippen LogP contribution in [0.4, 0.5) is 0 Å². The Balaban J connectivity index is 1.70.